The molecule has 3 amide bonds. The number of hydrogen-bond acceptors (Lipinski definition) is 4. The van der Waals surface area contributed by atoms with Crippen LogP contribution >= 0.6 is 23.4 Å². The zero-order chi connectivity index (χ0) is 33.3. The molecule has 6 nitrogen and oxygen atoms in total. The first-order chi connectivity index (χ1) is 23.4. The summed E-state index contributed by atoms with van der Waals surface area (Å²) in [6, 6.07) is 46.3. The number of anilines is 2. The molecule has 3 N–H and O–H groups in total. The third-order valence-corrected chi connectivity index (χ3v) is 9.09. The lowest BCUT2D eigenvalue weighted by Gasteiger charge is -2.18. The lowest BCUT2D eigenvalue weighted by molar-refractivity contribution is -0.116. The number of para-hydroxylation sites is 1. The van der Waals surface area contributed by atoms with Gasteiger partial charge in [0.1, 0.15) is 10.9 Å². The molecule has 0 bridgehead atoms. The number of fused-ring (bicyclic) bond motifs is 1. The molecule has 1 atom stereocenters. The molecule has 0 radical (unpaired) electrons. The van der Waals surface area contributed by atoms with Crippen LogP contribution in [-0.4, -0.2) is 17.7 Å². The first-order valence-corrected chi connectivity index (χ1v) is 16.4. The maximum atomic E-state index is 13.7. The van der Waals surface area contributed by atoms with Crippen LogP contribution in [0.1, 0.15) is 26.7 Å². The monoisotopic (exact) mass is 667 g/mol. The zero-order valence-electron chi connectivity index (χ0n) is 25.6. The molecule has 6 aromatic carbocycles. The minimum atomic E-state index is -0.564. The Morgan fingerprint density at radius 3 is 2.04 bits per heavy atom. The second-order valence-corrected chi connectivity index (χ2v) is 12.4. The van der Waals surface area contributed by atoms with E-state index in [1.54, 1.807) is 60.7 Å². The fraction of sp³-hybridized carbons (Fsp3) is 0.0250. The Balaban J connectivity index is 1.23. The minimum Gasteiger partial charge on any atom is -0.323 e. The van der Waals surface area contributed by atoms with E-state index in [1.807, 2.05) is 97.1 Å². The Bertz CT molecular complexity index is 2100. The van der Waals surface area contributed by atoms with Gasteiger partial charge in [-0.3, -0.25) is 14.4 Å². The molecular formula is C40H30ClN3O3S. The van der Waals surface area contributed by atoms with E-state index in [2.05, 4.69) is 16.0 Å². The van der Waals surface area contributed by atoms with Crippen LogP contribution in [0.5, 0.6) is 0 Å². The number of rotatable bonds is 10. The van der Waals surface area contributed by atoms with Gasteiger partial charge < -0.3 is 16.0 Å². The van der Waals surface area contributed by atoms with Gasteiger partial charge in [-0.1, -0.05) is 115 Å². The lowest BCUT2D eigenvalue weighted by atomic mass is 10.0. The van der Waals surface area contributed by atoms with Crippen LogP contribution in [0.15, 0.2) is 162 Å². The summed E-state index contributed by atoms with van der Waals surface area (Å²) in [5, 5.41) is 10.5. The highest BCUT2D eigenvalue weighted by Crippen LogP contribution is 2.37. The van der Waals surface area contributed by atoms with Crippen molar-refractivity contribution >= 4 is 69.3 Å². The summed E-state index contributed by atoms with van der Waals surface area (Å²) in [5.41, 5.74) is 3.22. The third-order valence-electron chi connectivity index (χ3n) is 7.49. The number of carbonyl (C=O) groups is 3. The average Bonchev–Trinajstić information content (AvgIpc) is 3.12. The van der Waals surface area contributed by atoms with E-state index in [4.69, 9.17) is 11.6 Å². The van der Waals surface area contributed by atoms with Crippen molar-refractivity contribution in [2.45, 2.75) is 10.1 Å². The quantitative estimate of drug-likeness (QED) is 0.100. The topological polar surface area (TPSA) is 87.3 Å². The molecule has 0 aliphatic carbocycles. The van der Waals surface area contributed by atoms with E-state index in [0.717, 1.165) is 26.8 Å². The number of thioether (sulfide) groups is 1. The molecule has 6 aromatic rings. The Kier molecular flexibility index (Phi) is 10.3. The molecule has 0 saturated heterocycles. The van der Waals surface area contributed by atoms with Crippen molar-refractivity contribution in [3.05, 3.63) is 179 Å². The van der Waals surface area contributed by atoms with Gasteiger partial charge in [0, 0.05) is 16.1 Å². The normalized spacial score (nSPS) is 11.8. The Hall–Kier alpha value is -5.63. The van der Waals surface area contributed by atoms with Gasteiger partial charge in [0.25, 0.3) is 11.8 Å². The minimum absolute atomic E-state index is 0.0963. The summed E-state index contributed by atoms with van der Waals surface area (Å²) in [6.45, 7) is 0. The van der Waals surface area contributed by atoms with Crippen LogP contribution < -0.4 is 16.0 Å². The van der Waals surface area contributed by atoms with E-state index in [-0.39, 0.29) is 11.6 Å². The highest BCUT2D eigenvalue weighted by molar-refractivity contribution is 8.00. The molecule has 0 aromatic heterocycles. The summed E-state index contributed by atoms with van der Waals surface area (Å²) in [6.07, 6.45) is 1.69. The van der Waals surface area contributed by atoms with Crippen molar-refractivity contribution in [3.63, 3.8) is 0 Å². The molecule has 1 unspecified atom stereocenters. The second kappa shape index (κ2) is 15.3. The molecule has 0 saturated carbocycles. The highest BCUT2D eigenvalue weighted by Gasteiger charge is 2.23. The molecule has 0 heterocycles. The van der Waals surface area contributed by atoms with Crippen molar-refractivity contribution in [1.82, 2.24) is 5.32 Å². The SMILES string of the molecule is O=C(Nc1ccc(SC(C(=O)Nc2ccccc2Cl)c2ccccc2)cc1)/C(=C/c1cccc2ccccc12)NC(=O)c1ccccc1. The Morgan fingerprint density at radius 2 is 1.29 bits per heavy atom. The zero-order valence-corrected chi connectivity index (χ0v) is 27.2. The van der Waals surface area contributed by atoms with E-state index < -0.39 is 17.1 Å². The number of amides is 3. The van der Waals surface area contributed by atoms with Crippen LogP contribution in [-0.2, 0) is 9.59 Å². The first-order valence-electron chi connectivity index (χ1n) is 15.2. The molecule has 0 fully saturated rings. The van der Waals surface area contributed by atoms with Gasteiger partial charge in [-0.2, -0.15) is 0 Å². The number of hydrogen-bond donors (Lipinski definition) is 3. The standard InChI is InChI=1S/C40H30ClN3O3S/c41-34-20-9-10-21-35(34)43-40(47)37(28-13-3-1-4-14-28)48-32-24-22-31(23-25-32)42-39(46)36(44-38(45)29-15-5-2-6-16-29)26-30-18-11-17-27-12-7-8-19-33(27)30/h1-26,37H,(H,42,46)(H,43,47)(H,44,45)/b36-26-. The first kappa shape index (κ1) is 32.3. The summed E-state index contributed by atoms with van der Waals surface area (Å²) >= 11 is 7.69. The maximum absolute atomic E-state index is 13.7. The van der Waals surface area contributed by atoms with Crippen LogP contribution in [0.4, 0.5) is 11.4 Å². The van der Waals surface area contributed by atoms with Crippen LogP contribution in [0.3, 0.4) is 0 Å². The second-order valence-electron chi connectivity index (χ2n) is 10.8. The van der Waals surface area contributed by atoms with Crippen LogP contribution in [0, 0.1) is 0 Å². The maximum Gasteiger partial charge on any atom is 0.272 e. The molecule has 0 aliphatic rings. The summed E-state index contributed by atoms with van der Waals surface area (Å²) in [7, 11) is 0. The summed E-state index contributed by atoms with van der Waals surface area (Å²) in [4.78, 5) is 41.1. The predicted octanol–water partition coefficient (Wildman–Crippen LogP) is 9.37. The van der Waals surface area contributed by atoms with Crippen molar-refractivity contribution in [1.29, 1.82) is 0 Å². The van der Waals surface area contributed by atoms with E-state index in [1.165, 1.54) is 11.8 Å². The average molecular weight is 668 g/mol. The number of carbonyl (C=O) groups excluding carboxylic acids is 3. The van der Waals surface area contributed by atoms with Gasteiger partial charge >= 0.3 is 0 Å². The molecule has 8 heteroatoms. The van der Waals surface area contributed by atoms with Crippen LogP contribution in [0.2, 0.25) is 5.02 Å². The van der Waals surface area contributed by atoms with Crippen molar-refractivity contribution < 1.29 is 14.4 Å². The van der Waals surface area contributed by atoms with Gasteiger partial charge in [0.2, 0.25) is 5.91 Å². The molecule has 236 valence electrons. The number of benzene rings is 6. The highest BCUT2D eigenvalue weighted by atomic mass is 35.5. The molecule has 6 rings (SSSR count). The lowest BCUT2D eigenvalue weighted by Crippen LogP contribution is -2.30. The Morgan fingerprint density at radius 1 is 0.646 bits per heavy atom. The molecular weight excluding hydrogens is 638 g/mol. The van der Waals surface area contributed by atoms with E-state index in [9.17, 15) is 14.4 Å². The van der Waals surface area contributed by atoms with Gasteiger partial charge in [0.15, 0.2) is 0 Å². The number of nitrogens with one attached hydrogen (secondary N) is 3. The van der Waals surface area contributed by atoms with Crippen molar-refractivity contribution in [2.24, 2.45) is 0 Å². The molecule has 0 aliphatic heterocycles. The fourth-order valence-corrected chi connectivity index (χ4v) is 6.29. The Labute approximate surface area is 287 Å². The molecule has 0 spiro atoms. The van der Waals surface area contributed by atoms with Gasteiger partial charge in [-0.05, 0) is 76.5 Å². The van der Waals surface area contributed by atoms with Crippen molar-refractivity contribution in [2.75, 3.05) is 10.6 Å². The van der Waals surface area contributed by atoms with Gasteiger partial charge in [-0.25, -0.2) is 0 Å². The fourth-order valence-electron chi connectivity index (χ4n) is 5.09. The predicted molar refractivity (Wildman–Crippen MR) is 196 cm³/mol. The van der Waals surface area contributed by atoms with Crippen molar-refractivity contribution in [3.8, 4) is 0 Å². The summed E-state index contributed by atoms with van der Waals surface area (Å²) < 4.78 is 0. The van der Waals surface area contributed by atoms with E-state index >= 15 is 0 Å². The third kappa shape index (κ3) is 8.01. The smallest absolute Gasteiger partial charge is 0.272 e. The number of halogens is 1. The van der Waals surface area contributed by atoms with Gasteiger partial charge in [0.05, 0.1) is 10.7 Å². The van der Waals surface area contributed by atoms with E-state index in [0.29, 0.717) is 22.0 Å². The largest absolute Gasteiger partial charge is 0.323 e. The summed E-state index contributed by atoms with van der Waals surface area (Å²) in [5.74, 6) is -1.09. The molecule has 48 heavy (non-hydrogen) atoms. The van der Waals surface area contributed by atoms with Crippen LogP contribution in [0.25, 0.3) is 16.8 Å². The van der Waals surface area contributed by atoms with Gasteiger partial charge in [-0.15, -0.1) is 11.8 Å².